The second kappa shape index (κ2) is 8.53. The number of hydrogen-bond donors (Lipinski definition) is 1. The van der Waals surface area contributed by atoms with Gasteiger partial charge in [-0.2, -0.15) is 0 Å². The fraction of sp³-hybridized carbons (Fsp3) is 0.350. The van der Waals surface area contributed by atoms with Crippen LogP contribution in [0, 0.1) is 0 Å². The highest BCUT2D eigenvalue weighted by Gasteiger charge is 2.37. The molecule has 27 heavy (non-hydrogen) atoms. The molecule has 0 radical (unpaired) electrons. The van der Waals surface area contributed by atoms with Gasteiger partial charge >= 0.3 is 17.9 Å². The number of carbonyl (C=O) groups excluding carboxylic acids is 3. The lowest BCUT2D eigenvalue weighted by Gasteiger charge is -2.30. The number of dihydropyridines is 1. The fourth-order valence-electron chi connectivity index (χ4n) is 3.11. The third-order valence-electron chi connectivity index (χ3n) is 4.11. The number of carbonyl (C=O) groups is 3. The van der Waals surface area contributed by atoms with Gasteiger partial charge in [0.15, 0.2) is 0 Å². The fourth-order valence-corrected chi connectivity index (χ4v) is 3.11. The van der Waals surface area contributed by atoms with Gasteiger partial charge in [0, 0.05) is 18.3 Å². The summed E-state index contributed by atoms with van der Waals surface area (Å²) in [5.41, 5.74) is 2.38. The van der Waals surface area contributed by atoms with E-state index in [1.54, 1.807) is 45.0 Å². The van der Waals surface area contributed by atoms with Crippen LogP contribution in [0.15, 0.2) is 46.8 Å². The van der Waals surface area contributed by atoms with Crippen LogP contribution in [0.25, 0.3) is 0 Å². The maximum absolute atomic E-state index is 12.6. The molecule has 1 heterocycles. The molecule has 0 spiro atoms. The molecular weight excluding hydrogens is 350 g/mol. The summed E-state index contributed by atoms with van der Waals surface area (Å²) in [6.45, 7) is 6.69. The Bertz CT molecular complexity index is 837. The van der Waals surface area contributed by atoms with Crippen molar-refractivity contribution in [1.29, 1.82) is 0 Å². The summed E-state index contributed by atoms with van der Waals surface area (Å²) in [5.74, 6) is -1.94. The van der Waals surface area contributed by atoms with Crippen molar-refractivity contribution in [2.45, 2.75) is 33.6 Å². The van der Waals surface area contributed by atoms with E-state index >= 15 is 0 Å². The molecule has 1 aliphatic heterocycles. The molecule has 144 valence electrons. The predicted octanol–water partition coefficient (Wildman–Crippen LogP) is 2.58. The molecule has 1 atom stereocenters. The first-order chi connectivity index (χ1) is 12.8. The van der Waals surface area contributed by atoms with E-state index in [2.05, 4.69) is 5.32 Å². The Labute approximate surface area is 158 Å². The quantitative estimate of drug-likeness (QED) is 0.626. The second-order valence-corrected chi connectivity index (χ2v) is 6.01. The summed E-state index contributed by atoms with van der Waals surface area (Å²) in [7, 11) is 1.28. The molecule has 1 N–H and O–H groups in total. The molecule has 0 aliphatic carbocycles. The molecule has 7 heteroatoms. The van der Waals surface area contributed by atoms with E-state index in [1.807, 2.05) is 0 Å². The molecule has 2 rings (SSSR count). The second-order valence-electron chi connectivity index (χ2n) is 6.01. The van der Waals surface area contributed by atoms with Crippen molar-refractivity contribution in [1.82, 2.24) is 5.32 Å². The van der Waals surface area contributed by atoms with E-state index in [4.69, 9.17) is 14.2 Å². The van der Waals surface area contributed by atoms with Crippen molar-refractivity contribution in [3.63, 3.8) is 0 Å². The molecular formula is C20H23NO6. The standard InChI is InChI=1S/C20H23NO6/c1-6-26-20(24)17-12(3)21-11(2)16(19(23)25-5)18(17)14-8-7-9-15(10-14)27-13(4)22/h7-10,18,21H,6H2,1-5H3. The van der Waals surface area contributed by atoms with Gasteiger partial charge in [-0.05, 0) is 38.5 Å². The van der Waals surface area contributed by atoms with Gasteiger partial charge in [-0.1, -0.05) is 12.1 Å². The van der Waals surface area contributed by atoms with Crippen molar-refractivity contribution in [2.24, 2.45) is 0 Å². The topological polar surface area (TPSA) is 90.9 Å². The number of nitrogens with one attached hydrogen (secondary N) is 1. The highest BCUT2D eigenvalue weighted by molar-refractivity contribution is 5.99. The molecule has 1 aromatic carbocycles. The van der Waals surface area contributed by atoms with Gasteiger partial charge in [0.05, 0.1) is 30.8 Å². The van der Waals surface area contributed by atoms with Crippen LogP contribution in [0.3, 0.4) is 0 Å². The first kappa shape index (κ1) is 20.2. The van der Waals surface area contributed by atoms with Crippen molar-refractivity contribution in [2.75, 3.05) is 13.7 Å². The Morgan fingerprint density at radius 1 is 1.07 bits per heavy atom. The number of rotatable bonds is 5. The monoisotopic (exact) mass is 373 g/mol. The zero-order chi connectivity index (χ0) is 20.1. The smallest absolute Gasteiger partial charge is 0.336 e. The van der Waals surface area contributed by atoms with Crippen molar-refractivity contribution < 1.29 is 28.6 Å². The summed E-state index contributed by atoms with van der Waals surface area (Å²) < 4.78 is 15.3. The Morgan fingerprint density at radius 3 is 2.26 bits per heavy atom. The average molecular weight is 373 g/mol. The van der Waals surface area contributed by atoms with Crippen LogP contribution < -0.4 is 10.1 Å². The summed E-state index contributed by atoms with van der Waals surface area (Å²) in [5, 5.41) is 3.05. The van der Waals surface area contributed by atoms with E-state index in [-0.39, 0.29) is 6.61 Å². The number of esters is 3. The molecule has 7 nitrogen and oxygen atoms in total. The van der Waals surface area contributed by atoms with Crippen LogP contribution in [0.4, 0.5) is 0 Å². The van der Waals surface area contributed by atoms with Gasteiger partial charge in [0.1, 0.15) is 5.75 Å². The van der Waals surface area contributed by atoms with Crippen molar-refractivity contribution in [3.8, 4) is 5.75 Å². The molecule has 0 aromatic heterocycles. The minimum Gasteiger partial charge on any atom is -0.466 e. The summed E-state index contributed by atoms with van der Waals surface area (Å²) >= 11 is 0. The number of methoxy groups -OCH3 is 1. The van der Waals surface area contributed by atoms with Gasteiger partial charge in [0.2, 0.25) is 0 Å². The lowest BCUT2D eigenvalue weighted by Crippen LogP contribution is -2.32. The first-order valence-corrected chi connectivity index (χ1v) is 8.52. The van der Waals surface area contributed by atoms with Crippen LogP contribution in [0.5, 0.6) is 5.75 Å². The average Bonchev–Trinajstić information content (AvgIpc) is 2.60. The zero-order valence-electron chi connectivity index (χ0n) is 16.0. The summed E-state index contributed by atoms with van der Waals surface area (Å²) in [4.78, 5) is 36.4. The Morgan fingerprint density at radius 2 is 1.70 bits per heavy atom. The van der Waals surface area contributed by atoms with Crippen molar-refractivity contribution in [3.05, 3.63) is 52.4 Å². The van der Waals surface area contributed by atoms with Gasteiger partial charge < -0.3 is 19.5 Å². The molecule has 0 bridgehead atoms. The highest BCUT2D eigenvalue weighted by atomic mass is 16.5. The molecule has 1 aromatic rings. The highest BCUT2D eigenvalue weighted by Crippen LogP contribution is 2.40. The van der Waals surface area contributed by atoms with Crippen LogP contribution in [-0.2, 0) is 23.9 Å². The minimum absolute atomic E-state index is 0.200. The third-order valence-corrected chi connectivity index (χ3v) is 4.11. The molecule has 0 saturated heterocycles. The molecule has 0 amide bonds. The number of allylic oxidation sites excluding steroid dienone is 2. The van der Waals surface area contributed by atoms with Gasteiger partial charge in [-0.25, -0.2) is 9.59 Å². The van der Waals surface area contributed by atoms with Gasteiger partial charge in [0.25, 0.3) is 0 Å². The van der Waals surface area contributed by atoms with Crippen LogP contribution in [0.1, 0.15) is 39.2 Å². The Hall–Kier alpha value is -3.09. The molecule has 1 unspecified atom stereocenters. The molecule has 0 fully saturated rings. The van der Waals surface area contributed by atoms with Gasteiger partial charge in [-0.15, -0.1) is 0 Å². The number of ether oxygens (including phenoxy) is 3. The Kier molecular flexibility index (Phi) is 6.39. The summed E-state index contributed by atoms with van der Waals surface area (Å²) in [6.07, 6.45) is 0. The first-order valence-electron chi connectivity index (χ1n) is 8.52. The lowest BCUT2D eigenvalue weighted by atomic mass is 9.80. The lowest BCUT2D eigenvalue weighted by molar-refractivity contribution is -0.139. The molecule has 0 saturated carbocycles. The Balaban J connectivity index is 2.65. The van der Waals surface area contributed by atoms with E-state index in [9.17, 15) is 14.4 Å². The minimum atomic E-state index is -0.715. The summed E-state index contributed by atoms with van der Waals surface area (Å²) in [6, 6.07) is 6.70. The molecule has 1 aliphatic rings. The largest absolute Gasteiger partial charge is 0.466 e. The SMILES string of the molecule is CCOC(=O)C1=C(C)NC(C)=C(C(=O)OC)C1c1cccc(OC(C)=O)c1. The van der Waals surface area contributed by atoms with E-state index in [1.165, 1.54) is 14.0 Å². The maximum Gasteiger partial charge on any atom is 0.336 e. The number of benzene rings is 1. The normalized spacial score (nSPS) is 16.6. The third kappa shape index (κ3) is 4.36. The van der Waals surface area contributed by atoms with Crippen LogP contribution in [-0.4, -0.2) is 31.6 Å². The number of hydrogen-bond acceptors (Lipinski definition) is 7. The van der Waals surface area contributed by atoms with Gasteiger partial charge in [-0.3, -0.25) is 4.79 Å². The van der Waals surface area contributed by atoms with Crippen LogP contribution >= 0.6 is 0 Å². The van der Waals surface area contributed by atoms with E-state index in [0.29, 0.717) is 33.9 Å². The zero-order valence-corrected chi connectivity index (χ0v) is 16.0. The van der Waals surface area contributed by atoms with Crippen molar-refractivity contribution >= 4 is 17.9 Å². The van der Waals surface area contributed by atoms with E-state index in [0.717, 1.165) is 0 Å². The van der Waals surface area contributed by atoms with Crippen LogP contribution in [0.2, 0.25) is 0 Å². The maximum atomic E-state index is 12.6. The predicted molar refractivity (Wildman–Crippen MR) is 97.7 cm³/mol. The van der Waals surface area contributed by atoms with E-state index < -0.39 is 23.8 Å².